The summed E-state index contributed by atoms with van der Waals surface area (Å²) in [5.74, 6) is -2.47. The van der Waals surface area contributed by atoms with Gasteiger partial charge in [0.15, 0.2) is 9.84 Å². The van der Waals surface area contributed by atoms with Crippen LogP contribution in [0.1, 0.15) is 47.1 Å². The van der Waals surface area contributed by atoms with Crippen LogP contribution < -0.4 is 0 Å². The summed E-state index contributed by atoms with van der Waals surface area (Å²) in [5.41, 5.74) is -4.02. The highest BCUT2D eigenvalue weighted by molar-refractivity contribution is 7.93. The Kier molecular flexibility index (Phi) is 6.13. The maximum atomic E-state index is 14.7. The first-order chi connectivity index (χ1) is 14.3. The highest BCUT2D eigenvalue weighted by Crippen LogP contribution is 2.40. The highest BCUT2D eigenvalue weighted by Gasteiger charge is 2.54. The second-order valence-corrected chi connectivity index (χ2v) is 11.5. The van der Waals surface area contributed by atoms with E-state index in [1.807, 2.05) is 0 Å². The van der Waals surface area contributed by atoms with Crippen LogP contribution in [0, 0.1) is 15.9 Å². The third-order valence-corrected chi connectivity index (χ3v) is 7.54. The summed E-state index contributed by atoms with van der Waals surface area (Å²) < 4.78 is 44.1. The molecule has 0 fully saturated rings. The molecule has 2 rings (SSSR count). The van der Waals surface area contributed by atoms with E-state index in [1.54, 1.807) is 0 Å². The van der Waals surface area contributed by atoms with Crippen LogP contribution in [0.3, 0.4) is 0 Å². The molecule has 11 nitrogen and oxygen atoms in total. The van der Waals surface area contributed by atoms with Crippen LogP contribution in [-0.2, 0) is 20.1 Å². The smallest absolute Gasteiger partial charge is 0.425 e. The molecule has 1 unspecified atom stereocenters. The molecule has 1 aromatic carbocycles. The zero-order valence-corrected chi connectivity index (χ0v) is 19.2. The molecule has 176 valence electrons. The standard InChI is InChI=1S/C19H24FN3O8S/c1-17(2,3)31-16(26)22(15(24)25)14-18(4,5)32(29,30)10-19(6,21-14)12-9-11(23(27)28)7-8-13(12)20/h7-9H,10H2,1-6H3,(H,24,25). The summed E-state index contributed by atoms with van der Waals surface area (Å²) in [4.78, 5) is 39.2. The average molecular weight is 473 g/mol. The van der Waals surface area contributed by atoms with Gasteiger partial charge in [0.05, 0.1) is 10.7 Å². The molecule has 0 saturated heterocycles. The Morgan fingerprint density at radius 2 is 1.84 bits per heavy atom. The molecule has 0 saturated carbocycles. The van der Waals surface area contributed by atoms with Crippen molar-refractivity contribution < 1.29 is 37.2 Å². The monoisotopic (exact) mass is 473 g/mol. The van der Waals surface area contributed by atoms with Crippen molar-refractivity contribution in [2.75, 3.05) is 5.75 Å². The number of halogens is 1. The van der Waals surface area contributed by atoms with Gasteiger partial charge in [0, 0.05) is 17.7 Å². The Balaban J connectivity index is 2.82. The first-order valence-corrected chi connectivity index (χ1v) is 11.0. The van der Waals surface area contributed by atoms with Crippen molar-refractivity contribution in [3.05, 3.63) is 39.7 Å². The molecule has 1 N–H and O–H groups in total. The largest absolute Gasteiger partial charge is 0.464 e. The van der Waals surface area contributed by atoms with E-state index in [4.69, 9.17) is 4.74 Å². The van der Waals surface area contributed by atoms with E-state index >= 15 is 0 Å². The van der Waals surface area contributed by atoms with Crippen LogP contribution in [-0.4, -0.2) is 57.5 Å². The van der Waals surface area contributed by atoms with Gasteiger partial charge in [-0.2, -0.15) is 4.90 Å². The molecule has 1 atom stereocenters. The number of hydrogen-bond donors (Lipinski definition) is 1. The van der Waals surface area contributed by atoms with Crippen molar-refractivity contribution in [2.45, 2.75) is 57.4 Å². The second-order valence-electron chi connectivity index (χ2n) is 9.00. The van der Waals surface area contributed by atoms with E-state index in [0.29, 0.717) is 0 Å². The van der Waals surface area contributed by atoms with Gasteiger partial charge < -0.3 is 9.84 Å². The number of imide groups is 1. The third-order valence-electron chi connectivity index (χ3n) is 4.86. The van der Waals surface area contributed by atoms with E-state index in [0.717, 1.165) is 32.0 Å². The van der Waals surface area contributed by atoms with Gasteiger partial charge >= 0.3 is 12.2 Å². The minimum atomic E-state index is -4.25. The Morgan fingerprint density at radius 3 is 2.31 bits per heavy atom. The number of ether oxygens (including phenoxy) is 1. The average Bonchev–Trinajstić information content (AvgIpc) is 2.57. The topological polar surface area (TPSA) is 156 Å². The normalized spacial score (nSPS) is 21.9. The van der Waals surface area contributed by atoms with Crippen molar-refractivity contribution in [3.63, 3.8) is 0 Å². The number of aliphatic imine (C=N–C) groups is 1. The Bertz CT molecular complexity index is 1120. The molecule has 1 heterocycles. The fraction of sp³-hybridized carbons (Fsp3) is 0.526. The number of hydrogen-bond acceptors (Lipinski definition) is 8. The van der Waals surface area contributed by atoms with Crippen molar-refractivity contribution in [1.29, 1.82) is 0 Å². The fourth-order valence-corrected chi connectivity index (χ4v) is 4.89. The number of amidine groups is 1. The van der Waals surface area contributed by atoms with Crippen molar-refractivity contribution in [1.82, 2.24) is 4.90 Å². The lowest BCUT2D eigenvalue weighted by molar-refractivity contribution is -0.385. The van der Waals surface area contributed by atoms with Crippen LogP contribution in [0.25, 0.3) is 0 Å². The van der Waals surface area contributed by atoms with Gasteiger partial charge in [-0.3, -0.25) is 15.1 Å². The molecule has 1 aromatic rings. The van der Waals surface area contributed by atoms with E-state index in [2.05, 4.69) is 4.99 Å². The second kappa shape index (κ2) is 7.80. The lowest BCUT2D eigenvalue weighted by atomic mass is 9.92. The molecule has 0 aromatic heterocycles. The molecule has 1 aliphatic heterocycles. The van der Waals surface area contributed by atoms with E-state index in [9.17, 15) is 37.6 Å². The summed E-state index contributed by atoms with van der Waals surface area (Å²) in [7, 11) is -4.25. The van der Waals surface area contributed by atoms with Gasteiger partial charge in [0.25, 0.3) is 5.69 Å². The number of amides is 2. The minimum Gasteiger partial charge on any atom is -0.464 e. The number of carbonyl (C=O) groups is 2. The molecule has 0 bridgehead atoms. The molecule has 1 aliphatic rings. The summed E-state index contributed by atoms with van der Waals surface area (Å²) in [5, 5.41) is 20.8. The predicted molar refractivity (Wildman–Crippen MR) is 112 cm³/mol. The zero-order valence-electron chi connectivity index (χ0n) is 18.4. The van der Waals surface area contributed by atoms with Crippen LogP contribution in [0.15, 0.2) is 23.2 Å². The van der Waals surface area contributed by atoms with E-state index in [1.165, 1.54) is 27.7 Å². The van der Waals surface area contributed by atoms with Crippen LogP contribution in [0.5, 0.6) is 0 Å². The third kappa shape index (κ3) is 4.56. The molecule has 2 amide bonds. The highest BCUT2D eigenvalue weighted by atomic mass is 32.2. The number of nitrogens with zero attached hydrogens (tertiary/aromatic N) is 3. The number of sulfone groups is 1. The molecule has 0 radical (unpaired) electrons. The number of nitro groups is 1. The van der Waals surface area contributed by atoms with Gasteiger partial charge in [-0.1, -0.05) is 0 Å². The first kappa shape index (κ1) is 25.2. The Labute approximate surface area is 183 Å². The molecule has 13 heteroatoms. The molecular formula is C19H24FN3O8S. The zero-order chi connectivity index (χ0) is 24.9. The number of carboxylic acid groups (broad SMARTS) is 1. The summed E-state index contributed by atoms with van der Waals surface area (Å²) in [6, 6.07) is 2.53. The summed E-state index contributed by atoms with van der Waals surface area (Å²) >= 11 is 0. The molecule has 32 heavy (non-hydrogen) atoms. The van der Waals surface area contributed by atoms with E-state index < -0.39 is 71.5 Å². The number of nitro benzene ring substituents is 1. The summed E-state index contributed by atoms with van der Waals surface area (Å²) in [6.45, 7) is 7.96. The fourth-order valence-electron chi connectivity index (χ4n) is 3.15. The van der Waals surface area contributed by atoms with Gasteiger partial charge in [-0.05, 0) is 47.6 Å². The number of non-ortho nitro benzene ring substituents is 1. The maximum absolute atomic E-state index is 14.7. The van der Waals surface area contributed by atoms with Gasteiger partial charge in [-0.25, -0.2) is 22.4 Å². The number of benzene rings is 1. The predicted octanol–water partition coefficient (Wildman–Crippen LogP) is 3.47. The lowest BCUT2D eigenvalue weighted by Crippen LogP contribution is -2.60. The van der Waals surface area contributed by atoms with Crippen LogP contribution in [0.4, 0.5) is 19.7 Å². The molecule has 0 spiro atoms. The minimum absolute atomic E-state index is 0.0649. The van der Waals surface area contributed by atoms with Crippen LogP contribution >= 0.6 is 0 Å². The van der Waals surface area contributed by atoms with Crippen LogP contribution in [0.2, 0.25) is 0 Å². The van der Waals surface area contributed by atoms with E-state index in [-0.39, 0.29) is 4.90 Å². The number of rotatable bonds is 2. The quantitative estimate of drug-likeness (QED) is 0.505. The number of carbonyl (C=O) groups excluding carboxylic acids is 1. The Hall–Kier alpha value is -3.09. The summed E-state index contributed by atoms with van der Waals surface area (Å²) in [6.07, 6.45) is -3.25. The van der Waals surface area contributed by atoms with Gasteiger partial charge in [-0.15, -0.1) is 0 Å². The maximum Gasteiger partial charge on any atom is 0.425 e. The van der Waals surface area contributed by atoms with Crippen molar-refractivity contribution in [3.8, 4) is 0 Å². The first-order valence-electron chi connectivity index (χ1n) is 9.35. The SMILES string of the molecule is CC(C)(C)OC(=O)N(C(=O)O)C1=NC(C)(c2cc([N+](=O)[O-])ccc2F)CS(=O)(=O)C1(C)C. The molecule has 0 aliphatic carbocycles. The van der Waals surface area contributed by atoms with Crippen molar-refractivity contribution >= 4 is 33.5 Å². The molecular weight excluding hydrogens is 449 g/mol. The van der Waals surface area contributed by atoms with Gasteiger partial charge in [0.2, 0.25) is 0 Å². The Morgan fingerprint density at radius 1 is 1.28 bits per heavy atom. The van der Waals surface area contributed by atoms with Gasteiger partial charge in [0.1, 0.15) is 27.5 Å². The van der Waals surface area contributed by atoms with Crippen molar-refractivity contribution in [2.24, 2.45) is 4.99 Å². The lowest BCUT2D eigenvalue weighted by Gasteiger charge is -2.41.